The van der Waals surface area contributed by atoms with Gasteiger partial charge in [0.15, 0.2) is 0 Å². The molecule has 0 aliphatic rings. The molecular weight excluding hydrogens is 215 g/mol. The van der Waals surface area contributed by atoms with Crippen LogP contribution in [0.4, 0.5) is 13.2 Å². The fourth-order valence-electron chi connectivity index (χ4n) is 1.05. The van der Waals surface area contributed by atoms with Gasteiger partial charge in [0.05, 0.1) is 5.56 Å². The molecule has 1 aromatic rings. The van der Waals surface area contributed by atoms with Gasteiger partial charge in [0.2, 0.25) is 0 Å². The Morgan fingerprint density at radius 3 is 2.14 bits per heavy atom. The number of hydrogen-bond acceptors (Lipinski definition) is 1. The molecule has 0 spiro atoms. The summed E-state index contributed by atoms with van der Waals surface area (Å²) >= 11 is 5.23. The van der Waals surface area contributed by atoms with Crippen LogP contribution in [0.2, 0.25) is 0 Å². The smallest absolute Gasteiger partial charge is 0.233 e. The maximum absolute atomic E-state index is 12.1. The highest BCUT2D eigenvalue weighted by Crippen LogP contribution is 2.29. The summed E-state index contributed by atoms with van der Waals surface area (Å²) in [5.74, 6) is 0. The molecule has 0 fully saturated rings. The predicted molar refractivity (Wildman–Crippen MR) is 49.0 cm³/mol. The van der Waals surface area contributed by atoms with Crippen molar-refractivity contribution in [3.63, 3.8) is 0 Å². The summed E-state index contributed by atoms with van der Waals surface area (Å²) < 4.78 is 36.4. The van der Waals surface area contributed by atoms with Crippen molar-refractivity contribution in [3.8, 4) is 0 Å². The van der Waals surface area contributed by atoms with E-state index >= 15 is 0 Å². The van der Waals surface area contributed by atoms with E-state index in [1.54, 1.807) is 0 Å². The summed E-state index contributed by atoms with van der Waals surface area (Å²) in [6.45, 7) is 0.535. The molecule has 0 saturated carbocycles. The average Bonchev–Trinajstić information content (AvgIpc) is 2.14. The highest BCUT2D eigenvalue weighted by atomic mass is 35.5. The molecule has 1 rings (SSSR count). The van der Waals surface area contributed by atoms with Crippen molar-refractivity contribution in [2.24, 2.45) is 0 Å². The third-order valence-corrected chi connectivity index (χ3v) is 1.98. The first-order valence-electron chi connectivity index (χ1n) is 4.03. The topological polar surface area (TPSA) is 12.0 Å². The molecule has 0 aromatic heterocycles. The van der Waals surface area contributed by atoms with E-state index in [2.05, 4.69) is 4.84 Å². The molecule has 1 N–H and O–H groups in total. The SMILES string of the molecule is FC(F)(F)c1ccc(CCNCl)cc1. The number of benzene rings is 1. The van der Waals surface area contributed by atoms with Crippen LogP contribution in [0.3, 0.4) is 0 Å². The van der Waals surface area contributed by atoms with Crippen LogP contribution in [-0.4, -0.2) is 6.54 Å². The minimum atomic E-state index is -4.26. The highest BCUT2D eigenvalue weighted by molar-refractivity contribution is 6.13. The first-order valence-corrected chi connectivity index (χ1v) is 4.41. The quantitative estimate of drug-likeness (QED) is 0.777. The normalized spacial score (nSPS) is 11.7. The van der Waals surface area contributed by atoms with Gasteiger partial charge in [-0.05, 0) is 35.9 Å². The molecule has 5 heteroatoms. The Balaban J connectivity index is 2.69. The molecule has 0 saturated heterocycles. The van der Waals surface area contributed by atoms with Crippen molar-refractivity contribution < 1.29 is 13.2 Å². The maximum atomic E-state index is 12.1. The standard InChI is InChI=1S/C9H9ClF3N/c10-14-6-5-7-1-3-8(4-2-7)9(11,12)13/h1-4,14H,5-6H2. The van der Waals surface area contributed by atoms with E-state index in [1.165, 1.54) is 12.1 Å². The Kier molecular flexibility index (Phi) is 3.77. The number of nitrogens with one attached hydrogen (secondary N) is 1. The molecule has 14 heavy (non-hydrogen) atoms. The van der Waals surface area contributed by atoms with Gasteiger partial charge in [-0.3, -0.25) is 0 Å². The molecule has 0 bridgehead atoms. The van der Waals surface area contributed by atoms with Crippen LogP contribution >= 0.6 is 11.8 Å². The zero-order valence-electron chi connectivity index (χ0n) is 7.24. The van der Waals surface area contributed by atoms with Gasteiger partial charge in [-0.15, -0.1) is 0 Å². The lowest BCUT2D eigenvalue weighted by Gasteiger charge is -2.07. The first kappa shape index (κ1) is 11.3. The second kappa shape index (κ2) is 4.66. The Morgan fingerprint density at radius 1 is 1.14 bits per heavy atom. The minimum absolute atomic E-state index is 0.535. The van der Waals surface area contributed by atoms with Crippen molar-refractivity contribution in [1.29, 1.82) is 0 Å². The number of alkyl halides is 3. The summed E-state index contributed by atoms with van der Waals surface area (Å²) in [4.78, 5) is 2.41. The van der Waals surface area contributed by atoms with Gasteiger partial charge in [-0.2, -0.15) is 13.2 Å². The van der Waals surface area contributed by atoms with Gasteiger partial charge in [0, 0.05) is 6.54 Å². The van der Waals surface area contributed by atoms with Crippen LogP contribution in [0.5, 0.6) is 0 Å². The molecule has 0 amide bonds. The van der Waals surface area contributed by atoms with Crippen LogP contribution in [-0.2, 0) is 12.6 Å². The van der Waals surface area contributed by atoms with E-state index < -0.39 is 11.7 Å². The molecule has 0 aliphatic heterocycles. The van der Waals surface area contributed by atoms with Crippen molar-refractivity contribution in [2.75, 3.05) is 6.54 Å². The van der Waals surface area contributed by atoms with Gasteiger partial charge in [0.25, 0.3) is 0 Å². The fourth-order valence-corrected chi connectivity index (χ4v) is 1.15. The predicted octanol–water partition coefficient (Wildman–Crippen LogP) is 2.99. The van der Waals surface area contributed by atoms with Crippen LogP contribution in [0.25, 0.3) is 0 Å². The van der Waals surface area contributed by atoms with E-state index in [4.69, 9.17) is 11.8 Å². The van der Waals surface area contributed by atoms with Gasteiger partial charge in [-0.1, -0.05) is 12.1 Å². The Labute approximate surface area is 85.0 Å². The van der Waals surface area contributed by atoms with E-state index in [1.807, 2.05) is 0 Å². The Hall–Kier alpha value is -0.740. The van der Waals surface area contributed by atoms with E-state index in [9.17, 15) is 13.2 Å². The van der Waals surface area contributed by atoms with Crippen molar-refractivity contribution >= 4 is 11.8 Å². The molecule has 0 radical (unpaired) electrons. The molecule has 1 nitrogen and oxygen atoms in total. The van der Waals surface area contributed by atoms with Crippen molar-refractivity contribution in [2.45, 2.75) is 12.6 Å². The van der Waals surface area contributed by atoms with Crippen molar-refractivity contribution in [1.82, 2.24) is 4.84 Å². The lowest BCUT2D eigenvalue weighted by molar-refractivity contribution is -0.137. The Morgan fingerprint density at radius 2 is 1.71 bits per heavy atom. The fraction of sp³-hybridized carbons (Fsp3) is 0.333. The monoisotopic (exact) mass is 223 g/mol. The first-order chi connectivity index (χ1) is 6.54. The summed E-state index contributed by atoms with van der Waals surface area (Å²) in [5, 5.41) is 0. The van der Waals surface area contributed by atoms with E-state index in [0.717, 1.165) is 17.7 Å². The molecule has 0 aliphatic carbocycles. The summed E-state index contributed by atoms with van der Waals surface area (Å²) in [5.41, 5.74) is 0.200. The van der Waals surface area contributed by atoms with Crippen LogP contribution in [0.15, 0.2) is 24.3 Å². The molecule has 1 aromatic carbocycles. The van der Waals surface area contributed by atoms with Crippen LogP contribution in [0.1, 0.15) is 11.1 Å². The van der Waals surface area contributed by atoms with E-state index in [0.29, 0.717) is 13.0 Å². The van der Waals surface area contributed by atoms with Gasteiger partial charge >= 0.3 is 6.18 Å². The zero-order valence-corrected chi connectivity index (χ0v) is 7.99. The number of hydrogen-bond donors (Lipinski definition) is 1. The van der Waals surface area contributed by atoms with Gasteiger partial charge < -0.3 is 0 Å². The highest BCUT2D eigenvalue weighted by Gasteiger charge is 2.29. The largest absolute Gasteiger partial charge is 0.416 e. The summed E-state index contributed by atoms with van der Waals surface area (Å²) in [7, 11) is 0. The van der Waals surface area contributed by atoms with Gasteiger partial charge in [-0.25, -0.2) is 4.84 Å². The summed E-state index contributed by atoms with van der Waals surface area (Å²) in [6, 6.07) is 5.06. The second-order valence-electron chi connectivity index (χ2n) is 2.83. The van der Waals surface area contributed by atoms with Gasteiger partial charge in [0.1, 0.15) is 0 Å². The number of halogens is 4. The summed E-state index contributed by atoms with van der Waals surface area (Å²) in [6.07, 6.45) is -3.65. The van der Waals surface area contributed by atoms with Crippen molar-refractivity contribution in [3.05, 3.63) is 35.4 Å². The zero-order chi connectivity index (χ0) is 10.6. The third-order valence-electron chi connectivity index (χ3n) is 1.79. The maximum Gasteiger partial charge on any atom is 0.416 e. The lowest BCUT2D eigenvalue weighted by Crippen LogP contribution is -2.06. The third kappa shape index (κ3) is 3.20. The molecular formula is C9H9ClF3N. The second-order valence-corrected chi connectivity index (χ2v) is 3.10. The molecule has 78 valence electrons. The molecule has 0 atom stereocenters. The average molecular weight is 224 g/mol. The molecule has 0 unspecified atom stereocenters. The van der Waals surface area contributed by atoms with Crippen LogP contribution < -0.4 is 4.84 Å². The van der Waals surface area contributed by atoms with Crippen LogP contribution in [0, 0.1) is 0 Å². The Bertz CT molecular complexity index is 281. The van der Waals surface area contributed by atoms with E-state index in [-0.39, 0.29) is 0 Å². The lowest BCUT2D eigenvalue weighted by atomic mass is 10.1. The number of rotatable bonds is 3. The molecule has 0 heterocycles. The minimum Gasteiger partial charge on any atom is -0.233 e.